The summed E-state index contributed by atoms with van der Waals surface area (Å²) < 4.78 is 4.62. The zero-order valence-corrected chi connectivity index (χ0v) is 17.1. The normalized spacial score (nSPS) is 11.6. The van der Waals surface area contributed by atoms with Crippen molar-refractivity contribution < 1.29 is 0 Å². The summed E-state index contributed by atoms with van der Waals surface area (Å²) in [4.78, 5) is 0. The number of fused-ring (bicyclic) bond motifs is 5. The van der Waals surface area contributed by atoms with Crippen molar-refractivity contribution in [2.75, 3.05) is 0 Å². The van der Waals surface area contributed by atoms with Crippen LogP contribution in [0.3, 0.4) is 0 Å². The van der Waals surface area contributed by atoms with Crippen LogP contribution in [-0.4, -0.2) is 9.13 Å². The predicted octanol–water partition coefficient (Wildman–Crippen LogP) is 7.44. The minimum Gasteiger partial charge on any atom is -0.342 e. The highest BCUT2D eigenvalue weighted by Crippen LogP contribution is 2.41. The maximum absolute atomic E-state index is 6.90. The first kappa shape index (κ1) is 17.4. The van der Waals surface area contributed by atoms with Gasteiger partial charge in [0.25, 0.3) is 0 Å². The van der Waals surface area contributed by atoms with Crippen molar-refractivity contribution in [2.24, 2.45) is 0 Å². The molecule has 0 bridgehead atoms. The summed E-state index contributed by atoms with van der Waals surface area (Å²) in [7, 11) is 0. The molecule has 0 atom stereocenters. The van der Waals surface area contributed by atoms with Gasteiger partial charge in [-0.1, -0.05) is 78.3 Å². The van der Waals surface area contributed by atoms with Crippen molar-refractivity contribution in [3.63, 3.8) is 0 Å². The fourth-order valence-electron chi connectivity index (χ4n) is 4.56. The zero-order chi connectivity index (χ0) is 20.1. The van der Waals surface area contributed by atoms with Crippen LogP contribution in [-0.2, 0) is 6.54 Å². The molecule has 0 fully saturated rings. The molecule has 144 valence electrons. The summed E-state index contributed by atoms with van der Waals surface area (Å²) in [5.74, 6) is 0. The van der Waals surface area contributed by atoms with E-state index in [-0.39, 0.29) is 0 Å². The van der Waals surface area contributed by atoms with Crippen molar-refractivity contribution >= 4 is 44.3 Å². The summed E-state index contributed by atoms with van der Waals surface area (Å²) in [6.45, 7) is 0.825. The van der Waals surface area contributed by atoms with Crippen molar-refractivity contribution in [2.45, 2.75) is 6.54 Å². The molecule has 2 heterocycles. The van der Waals surface area contributed by atoms with Crippen molar-refractivity contribution in [3.8, 4) is 5.69 Å². The lowest BCUT2D eigenvalue weighted by Gasteiger charge is -2.10. The van der Waals surface area contributed by atoms with Crippen LogP contribution in [0.15, 0.2) is 103 Å². The monoisotopic (exact) mass is 406 g/mol. The van der Waals surface area contributed by atoms with E-state index >= 15 is 0 Å². The van der Waals surface area contributed by atoms with Crippen LogP contribution in [0.25, 0.3) is 38.4 Å². The van der Waals surface area contributed by atoms with E-state index in [4.69, 9.17) is 11.6 Å². The number of hydrogen-bond donors (Lipinski definition) is 0. The first-order valence-corrected chi connectivity index (χ1v) is 10.5. The predicted molar refractivity (Wildman–Crippen MR) is 127 cm³/mol. The van der Waals surface area contributed by atoms with Gasteiger partial charge in [-0.05, 0) is 35.9 Å². The summed E-state index contributed by atoms with van der Waals surface area (Å²) in [5.41, 5.74) is 5.85. The molecule has 0 aliphatic rings. The van der Waals surface area contributed by atoms with Gasteiger partial charge in [0.2, 0.25) is 0 Å². The Labute approximate surface area is 179 Å². The average molecular weight is 407 g/mol. The standard InChI is InChI=1S/C27H19ClN2/c28-23-17-20-15-16-29(18-19-9-3-1-4-10-19)26(20)25-22-13-7-8-14-24(22)30(27(23)25)21-11-5-2-6-12-21/h1-17H,18H2. The molecule has 2 nitrogen and oxygen atoms in total. The van der Waals surface area contributed by atoms with Gasteiger partial charge in [0.05, 0.1) is 21.6 Å². The number of benzene rings is 4. The van der Waals surface area contributed by atoms with Gasteiger partial charge in [-0.3, -0.25) is 0 Å². The Morgan fingerprint density at radius 1 is 0.700 bits per heavy atom. The molecule has 0 aliphatic heterocycles. The van der Waals surface area contributed by atoms with Gasteiger partial charge in [0.1, 0.15) is 0 Å². The van der Waals surface area contributed by atoms with Gasteiger partial charge in [-0.25, -0.2) is 0 Å². The number of hydrogen-bond acceptors (Lipinski definition) is 0. The Morgan fingerprint density at radius 3 is 2.20 bits per heavy atom. The van der Waals surface area contributed by atoms with Crippen LogP contribution in [0.2, 0.25) is 5.02 Å². The van der Waals surface area contributed by atoms with E-state index in [1.54, 1.807) is 0 Å². The van der Waals surface area contributed by atoms with Crippen molar-refractivity contribution in [1.29, 1.82) is 0 Å². The maximum atomic E-state index is 6.90. The van der Waals surface area contributed by atoms with Gasteiger partial charge in [-0.15, -0.1) is 0 Å². The fourth-order valence-corrected chi connectivity index (χ4v) is 4.86. The minimum absolute atomic E-state index is 0.773. The third-order valence-electron chi connectivity index (χ3n) is 5.82. The van der Waals surface area contributed by atoms with Gasteiger partial charge < -0.3 is 9.13 Å². The highest BCUT2D eigenvalue weighted by Gasteiger charge is 2.19. The van der Waals surface area contributed by atoms with Crippen LogP contribution in [0.1, 0.15) is 5.56 Å². The lowest BCUT2D eigenvalue weighted by Crippen LogP contribution is -1.98. The fraction of sp³-hybridized carbons (Fsp3) is 0.0370. The largest absolute Gasteiger partial charge is 0.342 e. The van der Waals surface area contributed by atoms with E-state index < -0.39 is 0 Å². The van der Waals surface area contributed by atoms with Crippen molar-refractivity contribution in [3.05, 3.63) is 114 Å². The molecule has 0 saturated carbocycles. The van der Waals surface area contributed by atoms with Crippen LogP contribution in [0.4, 0.5) is 0 Å². The molecule has 0 spiro atoms. The number of aromatic nitrogens is 2. The third-order valence-corrected chi connectivity index (χ3v) is 6.11. The van der Waals surface area contributed by atoms with E-state index in [1.165, 1.54) is 32.8 Å². The van der Waals surface area contributed by atoms with Crippen LogP contribution in [0, 0.1) is 0 Å². The molecule has 6 rings (SSSR count). The Hall–Kier alpha value is -3.49. The van der Waals surface area contributed by atoms with Crippen molar-refractivity contribution in [1.82, 2.24) is 9.13 Å². The van der Waals surface area contributed by atoms with E-state index in [9.17, 15) is 0 Å². The van der Waals surface area contributed by atoms with Crippen LogP contribution < -0.4 is 0 Å². The van der Waals surface area contributed by atoms with Gasteiger partial charge in [0.15, 0.2) is 0 Å². The number of rotatable bonds is 3. The molecular weight excluding hydrogens is 388 g/mol. The molecule has 6 aromatic rings. The average Bonchev–Trinajstić information content (AvgIpc) is 3.34. The third kappa shape index (κ3) is 2.58. The van der Waals surface area contributed by atoms with E-state index in [1.807, 2.05) is 6.07 Å². The SMILES string of the molecule is Clc1cc2ccn(Cc3ccccc3)c2c2c3ccccc3n(-c3ccccc3)c12. The van der Waals surface area contributed by atoms with Gasteiger partial charge >= 0.3 is 0 Å². The van der Waals surface area contributed by atoms with Crippen LogP contribution >= 0.6 is 11.6 Å². The maximum Gasteiger partial charge on any atom is 0.0748 e. The Balaban J connectivity index is 1.75. The van der Waals surface area contributed by atoms with E-state index in [2.05, 4.69) is 106 Å². The first-order valence-electron chi connectivity index (χ1n) is 10.1. The molecule has 30 heavy (non-hydrogen) atoms. The molecule has 0 aliphatic carbocycles. The second-order valence-electron chi connectivity index (χ2n) is 7.64. The van der Waals surface area contributed by atoms with Crippen LogP contribution in [0.5, 0.6) is 0 Å². The Bertz CT molecular complexity index is 1510. The summed E-state index contributed by atoms with van der Waals surface area (Å²) in [6.07, 6.45) is 2.17. The highest BCUT2D eigenvalue weighted by atomic mass is 35.5. The molecule has 0 radical (unpaired) electrons. The van der Waals surface area contributed by atoms with Gasteiger partial charge in [0, 0.05) is 34.6 Å². The molecular formula is C27H19ClN2. The Morgan fingerprint density at radius 2 is 1.40 bits per heavy atom. The lowest BCUT2D eigenvalue weighted by atomic mass is 10.1. The second kappa shape index (κ2) is 6.79. The van der Waals surface area contributed by atoms with E-state index in [0.29, 0.717) is 0 Å². The number of para-hydroxylation sites is 2. The summed E-state index contributed by atoms with van der Waals surface area (Å²) in [5, 5.41) is 4.36. The number of halogens is 1. The summed E-state index contributed by atoms with van der Waals surface area (Å²) >= 11 is 6.90. The smallest absolute Gasteiger partial charge is 0.0748 e. The van der Waals surface area contributed by atoms with E-state index in [0.717, 1.165) is 22.8 Å². The molecule has 0 saturated heterocycles. The Kier molecular flexibility index (Phi) is 3.93. The molecule has 2 aromatic heterocycles. The zero-order valence-electron chi connectivity index (χ0n) is 16.3. The number of nitrogens with zero attached hydrogens (tertiary/aromatic N) is 2. The van der Waals surface area contributed by atoms with Gasteiger partial charge in [-0.2, -0.15) is 0 Å². The summed E-state index contributed by atoms with van der Waals surface area (Å²) in [6, 6.07) is 33.9. The molecule has 4 aromatic carbocycles. The molecule has 0 N–H and O–H groups in total. The first-order chi connectivity index (χ1) is 14.8. The molecule has 0 unspecified atom stereocenters. The molecule has 0 amide bonds. The molecule has 3 heteroatoms. The highest BCUT2D eigenvalue weighted by molar-refractivity contribution is 6.39. The second-order valence-corrected chi connectivity index (χ2v) is 8.04. The topological polar surface area (TPSA) is 9.86 Å². The lowest BCUT2D eigenvalue weighted by molar-refractivity contribution is 0.839. The quantitative estimate of drug-likeness (QED) is 0.289. The minimum atomic E-state index is 0.773.